The highest BCUT2D eigenvalue weighted by Gasteiger charge is 2.24. The first-order valence-electron chi connectivity index (χ1n) is 16.2. The van der Waals surface area contributed by atoms with Crippen molar-refractivity contribution in [3.8, 4) is 28.6 Å². The van der Waals surface area contributed by atoms with Gasteiger partial charge in [0.15, 0.2) is 17.9 Å². The highest BCUT2D eigenvalue weighted by atomic mass is 16.5. The minimum absolute atomic E-state index is 0.192. The molecule has 0 saturated heterocycles. The molecule has 0 unspecified atom stereocenters. The Morgan fingerprint density at radius 2 is 1.60 bits per heavy atom. The molecule has 6 rings (SSSR count). The molecule has 2 amide bonds. The Bertz CT molecular complexity index is 1920. The van der Waals surface area contributed by atoms with E-state index in [0.717, 1.165) is 16.8 Å². The van der Waals surface area contributed by atoms with Gasteiger partial charge in [-0.3, -0.25) is 14.4 Å². The normalized spacial score (nSPS) is 14.0. The van der Waals surface area contributed by atoms with Crippen LogP contribution in [-0.4, -0.2) is 99.7 Å². The number of rotatable bonds is 4. The van der Waals surface area contributed by atoms with E-state index in [9.17, 15) is 9.59 Å². The zero-order chi connectivity index (χ0) is 35.5. The van der Waals surface area contributed by atoms with Crippen LogP contribution in [0.15, 0.2) is 71.7 Å². The largest absolute Gasteiger partial charge is 0.496 e. The summed E-state index contributed by atoms with van der Waals surface area (Å²) in [7, 11) is 3.19. The number of hydrogen-bond acceptors (Lipinski definition) is 10. The summed E-state index contributed by atoms with van der Waals surface area (Å²) in [6.07, 6.45) is 6.85. The Morgan fingerprint density at radius 1 is 0.880 bits per heavy atom. The van der Waals surface area contributed by atoms with Gasteiger partial charge in [0.05, 0.1) is 32.0 Å². The molecule has 0 fully saturated rings. The first-order valence-corrected chi connectivity index (χ1v) is 16.2. The molecular formula is C36H40N6O8. The smallest absolute Gasteiger partial charge is 0.291 e. The second-order valence-corrected chi connectivity index (χ2v) is 11.4. The summed E-state index contributed by atoms with van der Waals surface area (Å²) in [6, 6.07) is 15.0. The molecule has 2 aromatic carbocycles. The second kappa shape index (κ2) is 17.0. The molecule has 0 saturated carbocycles. The lowest BCUT2D eigenvalue weighted by Gasteiger charge is -2.25. The van der Waals surface area contributed by atoms with Crippen molar-refractivity contribution in [3.05, 3.63) is 84.5 Å². The number of para-hydroxylation sites is 1. The number of methoxy groups -OCH3 is 2. The highest BCUT2D eigenvalue weighted by Crippen LogP contribution is 2.32. The Morgan fingerprint density at radius 3 is 2.32 bits per heavy atom. The summed E-state index contributed by atoms with van der Waals surface area (Å²) in [6.45, 7) is 4.20. The topological polar surface area (TPSA) is 162 Å². The fourth-order valence-corrected chi connectivity index (χ4v) is 5.81. The predicted octanol–water partition coefficient (Wildman–Crippen LogP) is 4.96. The Kier molecular flexibility index (Phi) is 12.0. The van der Waals surface area contributed by atoms with Crippen LogP contribution < -0.4 is 14.2 Å². The molecule has 0 radical (unpaired) electrons. The van der Waals surface area contributed by atoms with Gasteiger partial charge in [-0.15, -0.1) is 0 Å². The number of oxazole rings is 1. The summed E-state index contributed by atoms with van der Waals surface area (Å²) >= 11 is 0. The average Bonchev–Trinajstić information content (AvgIpc) is 3.79. The first-order chi connectivity index (χ1) is 24.4. The molecule has 5 aromatic rings. The van der Waals surface area contributed by atoms with Crippen LogP contribution in [-0.2, 0) is 11.3 Å². The van der Waals surface area contributed by atoms with Crippen LogP contribution in [0, 0.1) is 6.92 Å². The van der Waals surface area contributed by atoms with Crippen LogP contribution in [0.4, 0.5) is 0 Å². The Balaban J connectivity index is 0.00000156. The van der Waals surface area contributed by atoms with Crippen molar-refractivity contribution in [2.24, 2.45) is 0 Å². The molecule has 14 heteroatoms. The molecule has 0 atom stereocenters. The van der Waals surface area contributed by atoms with Gasteiger partial charge in [0.25, 0.3) is 18.3 Å². The van der Waals surface area contributed by atoms with Crippen LogP contribution >= 0.6 is 0 Å². The van der Waals surface area contributed by atoms with E-state index in [1.54, 1.807) is 43.2 Å². The Labute approximate surface area is 289 Å². The number of benzene rings is 2. The van der Waals surface area contributed by atoms with Crippen molar-refractivity contribution in [3.63, 3.8) is 0 Å². The number of carbonyl (C=O) groups excluding carboxylic acids is 2. The number of fused-ring (bicyclic) bond motifs is 5. The number of ether oxygens (including phenoxy) is 3. The maximum Gasteiger partial charge on any atom is 0.291 e. The van der Waals surface area contributed by atoms with E-state index in [-0.39, 0.29) is 24.0 Å². The number of pyridine rings is 1. The van der Waals surface area contributed by atoms with E-state index >= 15 is 0 Å². The van der Waals surface area contributed by atoms with E-state index in [1.165, 1.54) is 6.39 Å². The average molecular weight is 685 g/mol. The van der Waals surface area contributed by atoms with Gasteiger partial charge in [-0.2, -0.15) is 0 Å². The van der Waals surface area contributed by atoms with Gasteiger partial charge in [-0.05, 0) is 56.5 Å². The molecule has 1 N–H and O–H groups in total. The van der Waals surface area contributed by atoms with Crippen LogP contribution in [0.2, 0.25) is 0 Å². The van der Waals surface area contributed by atoms with Gasteiger partial charge in [-0.1, -0.05) is 12.1 Å². The quantitative estimate of drug-likeness (QED) is 0.255. The number of aromatic nitrogens is 4. The molecule has 50 heavy (non-hydrogen) atoms. The van der Waals surface area contributed by atoms with Crippen molar-refractivity contribution in [2.45, 2.75) is 32.7 Å². The SMILES string of the molecule is COc1ccc2cc1OCCCN(C(=O)c1cc(OC)c3ccccc3n1)CCCCN(C(=O)c1ocnc1C)CCn1ccnc1-2.O=CO. The van der Waals surface area contributed by atoms with Crippen LogP contribution in [0.1, 0.15) is 46.0 Å². The number of hydrogen-bond donors (Lipinski definition) is 1. The van der Waals surface area contributed by atoms with Gasteiger partial charge in [0, 0.05) is 62.1 Å². The Hall–Kier alpha value is -5.92. The third-order valence-corrected chi connectivity index (χ3v) is 8.32. The fraction of sp³-hybridized carbons (Fsp3) is 0.333. The number of carboxylic acid groups (broad SMARTS) is 1. The monoisotopic (exact) mass is 684 g/mol. The van der Waals surface area contributed by atoms with E-state index in [4.69, 9.17) is 28.5 Å². The lowest BCUT2D eigenvalue weighted by atomic mass is 10.1. The molecule has 14 nitrogen and oxygen atoms in total. The number of aryl methyl sites for hydroxylation is 1. The molecule has 0 aliphatic carbocycles. The maximum atomic E-state index is 14.0. The van der Waals surface area contributed by atoms with E-state index < -0.39 is 0 Å². The van der Waals surface area contributed by atoms with E-state index in [0.29, 0.717) is 92.7 Å². The second-order valence-electron chi connectivity index (χ2n) is 11.4. The lowest BCUT2D eigenvalue weighted by Crippen LogP contribution is -2.37. The van der Waals surface area contributed by atoms with Crippen LogP contribution in [0.5, 0.6) is 17.2 Å². The van der Waals surface area contributed by atoms with Crippen LogP contribution in [0.3, 0.4) is 0 Å². The first kappa shape index (κ1) is 35.4. The van der Waals surface area contributed by atoms with E-state index in [2.05, 4.69) is 15.0 Å². The molecular weight excluding hydrogens is 644 g/mol. The molecule has 1 aliphatic heterocycles. The summed E-state index contributed by atoms with van der Waals surface area (Å²) in [4.78, 5) is 52.9. The van der Waals surface area contributed by atoms with Gasteiger partial charge in [0.2, 0.25) is 5.76 Å². The zero-order valence-electron chi connectivity index (χ0n) is 28.3. The summed E-state index contributed by atoms with van der Waals surface area (Å²) in [5.41, 5.74) is 2.40. The lowest BCUT2D eigenvalue weighted by molar-refractivity contribution is -0.122. The van der Waals surface area contributed by atoms with Gasteiger partial charge in [-0.25, -0.2) is 15.0 Å². The minimum Gasteiger partial charge on any atom is -0.496 e. The molecule has 2 bridgehead atoms. The van der Waals surface area contributed by atoms with Crippen molar-refractivity contribution < 1.29 is 38.1 Å². The van der Waals surface area contributed by atoms with Crippen molar-refractivity contribution >= 4 is 29.2 Å². The maximum absolute atomic E-state index is 14.0. The molecule has 262 valence electrons. The summed E-state index contributed by atoms with van der Waals surface area (Å²) in [5, 5.41) is 7.73. The molecule has 0 spiro atoms. The standard InChI is InChI=1S/C35H38N6O6.CH2O2/c1-24-32(47-23-37-24)35(43)41-15-7-6-14-40(34(42)28-22-30(45-3)26-9-4-5-10-27(26)38-28)16-8-20-46-31-21-25(11-12-29(31)44-2)33-36-13-17-39(33)18-19-41;2-1-3/h4-5,9-13,17,21-23H,6-8,14-16,18-20H2,1-3H3;1H,(H,2,3). The molecule has 3 aromatic heterocycles. The molecule has 4 heterocycles. The van der Waals surface area contributed by atoms with Crippen LogP contribution in [0.25, 0.3) is 22.3 Å². The number of amides is 2. The fourth-order valence-electron chi connectivity index (χ4n) is 5.81. The summed E-state index contributed by atoms with van der Waals surface area (Å²) in [5.74, 6) is 2.34. The van der Waals surface area contributed by atoms with Gasteiger partial charge < -0.3 is 38.1 Å². The van der Waals surface area contributed by atoms with Gasteiger partial charge in [0.1, 0.15) is 17.3 Å². The number of carbonyl (C=O) groups is 3. The van der Waals surface area contributed by atoms with Crippen molar-refractivity contribution in [2.75, 3.05) is 47.0 Å². The van der Waals surface area contributed by atoms with E-state index in [1.807, 2.05) is 53.2 Å². The van der Waals surface area contributed by atoms with Crippen molar-refractivity contribution in [1.29, 1.82) is 0 Å². The third-order valence-electron chi connectivity index (χ3n) is 8.32. The number of nitrogens with zero attached hydrogens (tertiary/aromatic N) is 6. The molecule has 1 aliphatic rings. The minimum atomic E-state index is -0.250. The van der Waals surface area contributed by atoms with Gasteiger partial charge >= 0.3 is 0 Å². The summed E-state index contributed by atoms with van der Waals surface area (Å²) < 4.78 is 24.9. The predicted molar refractivity (Wildman–Crippen MR) is 184 cm³/mol. The third kappa shape index (κ3) is 8.20. The highest BCUT2D eigenvalue weighted by molar-refractivity contribution is 5.97. The number of imidazole rings is 1. The van der Waals surface area contributed by atoms with Crippen molar-refractivity contribution in [1.82, 2.24) is 29.3 Å². The zero-order valence-corrected chi connectivity index (χ0v) is 28.3.